The second-order valence-electron chi connectivity index (χ2n) is 7.57. The predicted octanol–water partition coefficient (Wildman–Crippen LogP) is 2.77. The lowest BCUT2D eigenvalue weighted by molar-refractivity contribution is -0.274. The van der Waals surface area contributed by atoms with Crippen molar-refractivity contribution in [2.24, 2.45) is 5.92 Å². The number of halogens is 3. The molecule has 1 fully saturated rings. The minimum atomic E-state index is -4.96. The fourth-order valence-electron chi connectivity index (χ4n) is 3.61. The van der Waals surface area contributed by atoms with Crippen molar-refractivity contribution in [2.75, 3.05) is 19.7 Å². The van der Waals surface area contributed by atoms with E-state index in [1.807, 2.05) is 0 Å². The number of allylic oxidation sites excluding steroid dienone is 2. The number of alkyl halides is 3. The summed E-state index contributed by atoms with van der Waals surface area (Å²) in [6.07, 6.45) is 1.48. The Balaban J connectivity index is 1.99. The van der Waals surface area contributed by atoms with Gasteiger partial charge in [-0.3, -0.25) is 0 Å². The lowest BCUT2D eigenvalue weighted by atomic mass is 9.96. The highest BCUT2D eigenvalue weighted by Gasteiger charge is 2.47. The number of rotatable bonds is 9. The molecule has 12 heteroatoms. The van der Waals surface area contributed by atoms with E-state index in [4.69, 9.17) is 9.47 Å². The van der Waals surface area contributed by atoms with E-state index in [1.165, 1.54) is 30.5 Å². The summed E-state index contributed by atoms with van der Waals surface area (Å²) in [6.45, 7) is 1.73. The Morgan fingerprint density at radius 2 is 2.00 bits per heavy atom. The highest BCUT2D eigenvalue weighted by molar-refractivity contribution is 5.97. The van der Waals surface area contributed by atoms with E-state index in [9.17, 15) is 33.0 Å². The fraction of sp³-hybridized carbons (Fsp3) is 0.364. The Hall–Kier alpha value is -3.67. The number of ether oxygens (including phenoxy) is 3. The van der Waals surface area contributed by atoms with Crippen molar-refractivity contribution in [3.8, 4) is 11.5 Å². The third-order valence-corrected chi connectivity index (χ3v) is 5.04. The standard InChI is InChI=1S/C22H23F3N2O7/c23-22(24,25)34-16-6-1-5-15(10-16)33-21(17(20(30)31)11-19(28)29)18(7-3-9-27-21)32-13-14-4-2-8-26-12-14/h1,3,5-7,9-11,14,26-27H,2,4,8,12-13H2,(H,28,29)(H,30,31)/b17-11-/t14?,21-/m0/s1. The van der Waals surface area contributed by atoms with Gasteiger partial charge < -0.3 is 35.1 Å². The van der Waals surface area contributed by atoms with Gasteiger partial charge in [-0.25, -0.2) is 9.59 Å². The van der Waals surface area contributed by atoms with Crippen molar-refractivity contribution in [3.05, 3.63) is 60.0 Å². The summed E-state index contributed by atoms with van der Waals surface area (Å²) in [6, 6.07) is 4.42. The van der Waals surface area contributed by atoms with E-state index in [0.717, 1.165) is 31.5 Å². The molecule has 34 heavy (non-hydrogen) atoms. The van der Waals surface area contributed by atoms with Crippen molar-refractivity contribution >= 4 is 11.9 Å². The minimum absolute atomic E-state index is 0.0717. The van der Waals surface area contributed by atoms with Gasteiger partial charge >= 0.3 is 18.3 Å². The number of carboxylic acid groups (broad SMARTS) is 2. The van der Waals surface area contributed by atoms with Crippen LogP contribution in [0, 0.1) is 5.92 Å². The van der Waals surface area contributed by atoms with Crippen LogP contribution in [0.2, 0.25) is 0 Å². The van der Waals surface area contributed by atoms with Crippen LogP contribution in [0.15, 0.2) is 60.0 Å². The van der Waals surface area contributed by atoms with Crippen LogP contribution in [0.25, 0.3) is 0 Å². The van der Waals surface area contributed by atoms with Crippen LogP contribution >= 0.6 is 0 Å². The van der Waals surface area contributed by atoms with Crippen LogP contribution in [0.4, 0.5) is 13.2 Å². The molecule has 0 radical (unpaired) electrons. The molecule has 2 aliphatic heterocycles. The number of hydrogen-bond acceptors (Lipinski definition) is 7. The molecule has 184 valence electrons. The molecule has 0 amide bonds. The molecule has 2 aliphatic rings. The number of nitrogens with one attached hydrogen (secondary N) is 2. The first kappa shape index (κ1) is 25.0. The first-order valence-electron chi connectivity index (χ1n) is 10.3. The topological polar surface area (TPSA) is 126 Å². The second kappa shape index (κ2) is 10.5. The molecule has 3 rings (SSSR count). The molecule has 2 heterocycles. The number of benzene rings is 1. The number of carboxylic acids is 2. The maximum absolute atomic E-state index is 12.7. The van der Waals surface area contributed by atoms with Gasteiger partial charge in [-0.2, -0.15) is 0 Å². The lowest BCUT2D eigenvalue weighted by Gasteiger charge is -2.38. The highest BCUT2D eigenvalue weighted by Crippen LogP contribution is 2.35. The molecular weight excluding hydrogens is 461 g/mol. The van der Waals surface area contributed by atoms with Gasteiger partial charge in [0, 0.05) is 30.8 Å². The first-order chi connectivity index (χ1) is 16.1. The Morgan fingerprint density at radius 3 is 2.65 bits per heavy atom. The van der Waals surface area contributed by atoms with Crippen LogP contribution in [0.1, 0.15) is 12.8 Å². The predicted molar refractivity (Wildman–Crippen MR) is 112 cm³/mol. The summed E-state index contributed by atoms with van der Waals surface area (Å²) < 4.78 is 53.6. The molecule has 4 N–H and O–H groups in total. The van der Waals surface area contributed by atoms with Gasteiger partial charge in [0.25, 0.3) is 5.72 Å². The molecule has 0 spiro atoms. The van der Waals surface area contributed by atoms with Gasteiger partial charge in [0.1, 0.15) is 17.1 Å². The highest BCUT2D eigenvalue weighted by atomic mass is 19.4. The van der Waals surface area contributed by atoms with E-state index in [0.29, 0.717) is 12.6 Å². The third-order valence-electron chi connectivity index (χ3n) is 5.04. The molecule has 9 nitrogen and oxygen atoms in total. The van der Waals surface area contributed by atoms with E-state index in [1.54, 1.807) is 0 Å². The molecule has 1 unspecified atom stereocenters. The van der Waals surface area contributed by atoms with Gasteiger partial charge in [0.15, 0.2) is 5.76 Å². The van der Waals surface area contributed by atoms with E-state index in [-0.39, 0.29) is 24.0 Å². The average Bonchev–Trinajstić information content (AvgIpc) is 2.76. The second-order valence-corrected chi connectivity index (χ2v) is 7.57. The first-order valence-corrected chi connectivity index (χ1v) is 10.3. The molecule has 0 bridgehead atoms. The zero-order valence-corrected chi connectivity index (χ0v) is 17.8. The maximum atomic E-state index is 12.7. The van der Waals surface area contributed by atoms with Gasteiger partial charge in [-0.05, 0) is 43.7 Å². The van der Waals surface area contributed by atoms with Crippen LogP contribution in [0.3, 0.4) is 0 Å². The van der Waals surface area contributed by atoms with Crippen LogP contribution in [-0.2, 0) is 14.3 Å². The summed E-state index contributed by atoms with van der Waals surface area (Å²) >= 11 is 0. The van der Waals surface area contributed by atoms with Crippen molar-refractivity contribution in [1.29, 1.82) is 0 Å². The van der Waals surface area contributed by atoms with Gasteiger partial charge in [-0.15, -0.1) is 13.2 Å². The Bertz CT molecular complexity index is 1000. The molecular formula is C22H23F3N2O7. The SMILES string of the molecule is O=C(O)/C=C(/C(=O)O)[C@@]1(Oc2cccc(OC(F)(F)F)c2)NC=CC=C1OCC1CCCNC1. The number of carbonyl (C=O) groups is 2. The van der Waals surface area contributed by atoms with Crippen LogP contribution in [-0.4, -0.2) is 53.9 Å². The number of aliphatic carboxylic acids is 2. The lowest BCUT2D eigenvalue weighted by Crippen LogP contribution is -2.55. The normalized spacial score (nSPS) is 22.9. The molecule has 0 aromatic heterocycles. The fourth-order valence-corrected chi connectivity index (χ4v) is 3.61. The van der Waals surface area contributed by atoms with Gasteiger partial charge in [0.2, 0.25) is 0 Å². The molecule has 2 atom stereocenters. The van der Waals surface area contributed by atoms with E-state index < -0.39 is 35.3 Å². The van der Waals surface area contributed by atoms with E-state index >= 15 is 0 Å². The van der Waals surface area contributed by atoms with Crippen molar-refractivity contribution in [2.45, 2.75) is 24.9 Å². The monoisotopic (exact) mass is 484 g/mol. The Kier molecular flexibility index (Phi) is 7.72. The molecule has 1 saturated heterocycles. The minimum Gasteiger partial charge on any atom is -0.491 e. The van der Waals surface area contributed by atoms with E-state index in [2.05, 4.69) is 15.4 Å². The molecule has 0 aliphatic carbocycles. The summed E-state index contributed by atoms with van der Waals surface area (Å²) in [5.74, 6) is -4.00. The van der Waals surface area contributed by atoms with Crippen LogP contribution < -0.4 is 20.1 Å². The van der Waals surface area contributed by atoms with Crippen molar-refractivity contribution in [3.63, 3.8) is 0 Å². The average molecular weight is 484 g/mol. The Labute approximate surface area is 192 Å². The summed E-state index contributed by atoms with van der Waals surface area (Å²) in [5, 5.41) is 25.0. The maximum Gasteiger partial charge on any atom is 0.573 e. The summed E-state index contributed by atoms with van der Waals surface area (Å²) in [4.78, 5) is 23.5. The number of piperidine rings is 1. The van der Waals surface area contributed by atoms with Crippen molar-refractivity contribution < 1.29 is 47.2 Å². The third kappa shape index (κ3) is 6.44. The zero-order valence-electron chi connectivity index (χ0n) is 17.8. The van der Waals surface area contributed by atoms with Gasteiger partial charge in [0.05, 0.1) is 6.61 Å². The molecule has 0 saturated carbocycles. The largest absolute Gasteiger partial charge is 0.573 e. The molecule has 1 aromatic carbocycles. The Morgan fingerprint density at radius 1 is 1.24 bits per heavy atom. The molecule has 1 aromatic rings. The van der Waals surface area contributed by atoms with Crippen molar-refractivity contribution in [1.82, 2.24) is 10.6 Å². The summed E-state index contributed by atoms with van der Waals surface area (Å²) in [5.41, 5.74) is -2.93. The number of dihydropyridines is 1. The smallest absolute Gasteiger partial charge is 0.491 e. The quantitative estimate of drug-likeness (QED) is 0.392. The van der Waals surface area contributed by atoms with Gasteiger partial charge in [-0.1, -0.05) is 6.07 Å². The summed E-state index contributed by atoms with van der Waals surface area (Å²) in [7, 11) is 0. The number of hydrogen-bond donors (Lipinski definition) is 4. The van der Waals surface area contributed by atoms with Crippen LogP contribution in [0.5, 0.6) is 11.5 Å². The zero-order chi connectivity index (χ0) is 24.8.